The molecule has 1 N–H and O–H groups in total. The third-order valence-corrected chi connectivity index (χ3v) is 4.90. The highest BCUT2D eigenvalue weighted by molar-refractivity contribution is 7.10. The van der Waals surface area contributed by atoms with E-state index in [1.807, 2.05) is 11.4 Å². The lowest BCUT2D eigenvalue weighted by Crippen LogP contribution is -2.18. The summed E-state index contributed by atoms with van der Waals surface area (Å²) in [5.41, 5.74) is 2.58. The number of nitrogens with one attached hydrogen (secondary N) is 1. The molecule has 0 saturated carbocycles. The Labute approximate surface area is 129 Å². The first-order chi connectivity index (χ1) is 9.79. The standard InChI is InChI=1S/C16H19ClN2S/c17-14-9-16(20-12-14)10-18-15-5-3-4-13(8-15)11-19-6-1-2-7-19/h3-5,8-9,12,18H,1-2,6-7,10-11H2. The molecule has 1 aliphatic heterocycles. The highest BCUT2D eigenvalue weighted by Gasteiger charge is 2.11. The summed E-state index contributed by atoms with van der Waals surface area (Å²) in [6, 6.07) is 10.8. The van der Waals surface area contributed by atoms with Crippen LogP contribution in [0.25, 0.3) is 0 Å². The van der Waals surface area contributed by atoms with Crippen LogP contribution in [0.4, 0.5) is 5.69 Å². The highest BCUT2D eigenvalue weighted by atomic mass is 35.5. The van der Waals surface area contributed by atoms with Gasteiger partial charge < -0.3 is 5.32 Å². The number of hydrogen-bond donors (Lipinski definition) is 1. The minimum absolute atomic E-state index is 0.828. The van der Waals surface area contributed by atoms with Gasteiger partial charge in [0.1, 0.15) is 0 Å². The lowest BCUT2D eigenvalue weighted by Gasteiger charge is -2.15. The Bertz CT molecular complexity index is 561. The van der Waals surface area contributed by atoms with E-state index < -0.39 is 0 Å². The summed E-state index contributed by atoms with van der Waals surface area (Å²) in [6.07, 6.45) is 2.69. The quantitative estimate of drug-likeness (QED) is 0.868. The summed E-state index contributed by atoms with van der Waals surface area (Å²) in [7, 11) is 0. The van der Waals surface area contributed by atoms with Gasteiger partial charge in [-0.25, -0.2) is 0 Å². The molecule has 0 unspecified atom stereocenters. The van der Waals surface area contributed by atoms with Crippen molar-refractivity contribution in [1.29, 1.82) is 0 Å². The zero-order chi connectivity index (χ0) is 13.8. The van der Waals surface area contributed by atoms with Crippen molar-refractivity contribution >= 4 is 28.6 Å². The molecular weight excluding hydrogens is 288 g/mol. The first-order valence-electron chi connectivity index (χ1n) is 7.08. The first-order valence-corrected chi connectivity index (χ1v) is 8.33. The molecule has 4 heteroatoms. The second-order valence-electron chi connectivity index (χ2n) is 5.27. The van der Waals surface area contributed by atoms with Crippen LogP contribution in [0.2, 0.25) is 5.02 Å². The van der Waals surface area contributed by atoms with Crippen LogP contribution in [-0.2, 0) is 13.1 Å². The van der Waals surface area contributed by atoms with Gasteiger partial charge >= 0.3 is 0 Å². The highest BCUT2D eigenvalue weighted by Crippen LogP contribution is 2.21. The smallest absolute Gasteiger partial charge is 0.0516 e. The number of nitrogens with zero attached hydrogens (tertiary/aromatic N) is 1. The summed E-state index contributed by atoms with van der Waals surface area (Å²) in [4.78, 5) is 3.79. The fourth-order valence-corrected chi connectivity index (χ4v) is 3.63. The predicted molar refractivity (Wildman–Crippen MR) is 87.6 cm³/mol. The second-order valence-corrected chi connectivity index (χ2v) is 6.70. The Kier molecular flexibility index (Phi) is 4.61. The molecule has 3 rings (SSSR count). The van der Waals surface area contributed by atoms with E-state index in [9.17, 15) is 0 Å². The summed E-state index contributed by atoms with van der Waals surface area (Å²) < 4.78 is 0. The minimum Gasteiger partial charge on any atom is -0.380 e. The fourth-order valence-electron chi connectivity index (χ4n) is 2.61. The van der Waals surface area contributed by atoms with E-state index in [0.29, 0.717) is 0 Å². The van der Waals surface area contributed by atoms with E-state index in [-0.39, 0.29) is 0 Å². The van der Waals surface area contributed by atoms with Gasteiger partial charge in [0.25, 0.3) is 0 Å². The summed E-state index contributed by atoms with van der Waals surface area (Å²) in [5.74, 6) is 0. The molecule has 0 aliphatic carbocycles. The number of hydrogen-bond acceptors (Lipinski definition) is 3. The summed E-state index contributed by atoms with van der Waals surface area (Å²) in [5, 5.41) is 6.28. The molecular formula is C16H19ClN2S. The van der Waals surface area contributed by atoms with Crippen molar-refractivity contribution in [2.24, 2.45) is 0 Å². The van der Waals surface area contributed by atoms with E-state index in [0.717, 1.165) is 18.1 Å². The van der Waals surface area contributed by atoms with Crippen molar-refractivity contribution in [3.8, 4) is 0 Å². The molecule has 0 spiro atoms. The van der Waals surface area contributed by atoms with Crippen molar-refractivity contribution in [3.63, 3.8) is 0 Å². The molecule has 0 atom stereocenters. The number of halogens is 1. The van der Waals surface area contributed by atoms with E-state index in [1.165, 1.54) is 42.1 Å². The van der Waals surface area contributed by atoms with Crippen LogP contribution in [0.3, 0.4) is 0 Å². The van der Waals surface area contributed by atoms with E-state index >= 15 is 0 Å². The van der Waals surface area contributed by atoms with Gasteiger partial charge in [-0.2, -0.15) is 0 Å². The van der Waals surface area contributed by atoms with Crippen LogP contribution < -0.4 is 5.32 Å². The van der Waals surface area contributed by atoms with Crippen LogP contribution in [0.15, 0.2) is 35.7 Å². The molecule has 1 aromatic heterocycles. The molecule has 1 aromatic carbocycles. The zero-order valence-corrected chi connectivity index (χ0v) is 13.0. The molecule has 1 fully saturated rings. The molecule has 0 bridgehead atoms. The van der Waals surface area contributed by atoms with Gasteiger partial charge in [0, 0.05) is 29.0 Å². The van der Waals surface area contributed by atoms with Crippen molar-refractivity contribution in [2.45, 2.75) is 25.9 Å². The van der Waals surface area contributed by atoms with Crippen LogP contribution >= 0.6 is 22.9 Å². The van der Waals surface area contributed by atoms with Gasteiger partial charge in [-0.1, -0.05) is 23.7 Å². The maximum atomic E-state index is 5.94. The third-order valence-electron chi connectivity index (χ3n) is 3.62. The molecule has 106 valence electrons. The van der Waals surface area contributed by atoms with Crippen molar-refractivity contribution in [1.82, 2.24) is 4.90 Å². The number of benzene rings is 1. The number of likely N-dealkylation sites (tertiary alicyclic amines) is 1. The SMILES string of the molecule is Clc1csc(CNc2cccc(CN3CCCC3)c2)c1. The van der Waals surface area contributed by atoms with E-state index in [1.54, 1.807) is 11.3 Å². The largest absolute Gasteiger partial charge is 0.380 e. The van der Waals surface area contributed by atoms with Crippen molar-refractivity contribution in [2.75, 3.05) is 18.4 Å². The Morgan fingerprint density at radius 3 is 2.80 bits per heavy atom. The Morgan fingerprint density at radius 2 is 2.05 bits per heavy atom. The van der Waals surface area contributed by atoms with E-state index in [2.05, 4.69) is 34.5 Å². The van der Waals surface area contributed by atoms with Crippen LogP contribution in [0, 0.1) is 0 Å². The van der Waals surface area contributed by atoms with Crippen molar-refractivity contribution < 1.29 is 0 Å². The number of rotatable bonds is 5. The van der Waals surface area contributed by atoms with E-state index in [4.69, 9.17) is 11.6 Å². The van der Waals surface area contributed by atoms with Crippen LogP contribution in [-0.4, -0.2) is 18.0 Å². The van der Waals surface area contributed by atoms with Gasteiger partial charge in [-0.3, -0.25) is 4.90 Å². The van der Waals surface area contributed by atoms with Gasteiger partial charge in [0.05, 0.1) is 5.02 Å². The lowest BCUT2D eigenvalue weighted by molar-refractivity contribution is 0.331. The van der Waals surface area contributed by atoms with Gasteiger partial charge in [0.15, 0.2) is 0 Å². The molecule has 1 aliphatic rings. The molecule has 2 heterocycles. The average Bonchev–Trinajstić information content (AvgIpc) is 3.09. The number of anilines is 1. The lowest BCUT2D eigenvalue weighted by atomic mass is 10.2. The normalized spacial score (nSPS) is 15.7. The molecule has 1 saturated heterocycles. The molecule has 0 amide bonds. The average molecular weight is 307 g/mol. The fraction of sp³-hybridized carbons (Fsp3) is 0.375. The van der Waals surface area contributed by atoms with Gasteiger partial charge in [-0.15, -0.1) is 11.3 Å². The Hall–Kier alpha value is -1.03. The van der Waals surface area contributed by atoms with Gasteiger partial charge in [0.2, 0.25) is 0 Å². The zero-order valence-electron chi connectivity index (χ0n) is 11.4. The van der Waals surface area contributed by atoms with Crippen molar-refractivity contribution in [3.05, 3.63) is 51.2 Å². The maximum absolute atomic E-state index is 5.94. The predicted octanol–water partition coefficient (Wildman–Crippen LogP) is 4.61. The second kappa shape index (κ2) is 6.61. The molecule has 2 nitrogen and oxygen atoms in total. The number of thiophene rings is 1. The van der Waals surface area contributed by atoms with Crippen LogP contribution in [0.1, 0.15) is 23.3 Å². The minimum atomic E-state index is 0.828. The summed E-state index contributed by atoms with van der Waals surface area (Å²) in [6.45, 7) is 4.39. The molecule has 2 aromatic rings. The monoisotopic (exact) mass is 306 g/mol. The molecule has 20 heavy (non-hydrogen) atoms. The van der Waals surface area contributed by atoms with Crippen LogP contribution in [0.5, 0.6) is 0 Å². The first kappa shape index (κ1) is 13.9. The Balaban J connectivity index is 1.58. The maximum Gasteiger partial charge on any atom is 0.0516 e. The van der Waals surface area contributed by atoms with Gasteiger partial charge in [-0.05, 0) is 49.7 Å². The third kappa shape index (κ3) is 3.75. The molecule has 0 radical (unpaired) electrons. The topological polar surface area (TPSA) is 15.3 Å². The summed E-state index contributed by atoms with van der Waals surface area (Å²) >= 11 is 7.64. The Morgan fingerprint density at radius 1 is 1.20 bits per heavy atom.